The van der Waals surface area contributed by atoms with Crippen molar-refractivity contribution in [2.45, 2.75) is 39.5 Å². The standard InChI is InChI=1S/C17H36N4O5.C2H5.K/c1-17(12-22,13-25-10-4-15(23)20-8-2-6-18)14-26-11-5-16(24)21-9-3-7-19;1-2;/h22H,2-14,18-19H2,1H3,(H,20,23)(H,21,24);1H2,2H3;/q;-1;+1. The summed E-state index contributed by atoms with van der Waals surface area (Å²) in [6, 6.07) is 0. The van der Waals surface area contributed by atoms with E-state index >= 15 is 0 Å². The molecule has 0 aliphatic heterocycles. The third-order valence-electron chi connectivity index (χ3n) is 3.64. The number of aliphatic hydroxyl groups excluding tert-OH is 1. The molecule has 0 saturated heterocycles. The molecule has 0 spiro atoms. The number of rotatable bonds is 17. The van der Waals surface area contributed by atoms with E-state index < -0.39 is 5.41 Å². The van der Waals surface area contributed by atoms with E-state index in [1.807, 2.05) is 6.92 Å². The van der Waals surface area contributed by atoms with E-state index in [9.17, 15) is 14.7 Å². The number of nitrogens with one attached hydrogen (secondary N) is 2. The number of aliphatic hydroxyl groups is 1. The van der Waals surface area contributed by atoms with Crippen molar-refractivity contribution in [1.29, 1.82) is 0 Å². The predicted octanol–water partition coefficient (Wildman–Crippen LogP) is -3.43. The minimum absolute atomic E-state index is 0. The Hall–Kier alpha value is 0.376. The van der Waals surface area contributed by atoms with Crippen molar-refractivity contribution in [2.24, 2.45) is 16.9 Å². The molecule has 0 heterocycles. The average Bonchev–Trinajstić information content (AvgIpc) is 2.70. The summed E-state index contributed by atoms with van der Waals surface area (Å²) in [7, 11) is 0. The number of amides is 2. The second kappa shape index (κ2) is 24.6. The average molecular weight is 445 g/mol. The molecule has 0 aliphatic rings. The zero-order valence-electron chi connectivity index (χ0n) is 18.6. The summed E-state index contributed by atoms with van der Waals surface area (Å²) >= 11 is 0. The predicted molar refractivity (Wildman–Crippen MR) is 110 cm³/mol. The summed E-state index contributed by atoms with van der Waals surface area (Å²) in [5.74, 6) is -0.165. The first-order valence-corrected chi connectivity index (χ1v) is 9.88. The summed E-state index contributed by atoms with van der Waals surface area (Å²) in [6.07, 6.45) is 2.01. The molecular weight excluding hydrogens is 403 g/mol. The maximum Gasteiger partial charge on any atom is 1.00 e. The van der Waals surface area contributed by atoms with Crippen LogP contribution in [0, 0.1) is 12.3 Å². The van der Waals surface area contributed by atoms with E-state index in [4.69, 9.17) is 20.9 Å². The Kier molecular flexibility index (Phi) is 28.9. The van der Waals surface area contributed by atoms with Gasteiger partial charge in [-0.15, -0.1) is 0 Å². The first-order chi connectivity index (χ1) is 13.5. The van der Waals surface area contributed by atoms with Crippen LogP contribution in [0.2, 0.25) is 0 Å². The van der Waals surface area contributed by atoms with Gasteiger partial charge in [-0.05, 0) is 25.9 Å². The van der Waals surface area contributed by atoms with Crippen LogP contribution in [0.15, 0.2) is 0 Å². The quantitative estimate of drug-likeness (QED) is 0.0890. The van der Waals surface area contributed by atoms with Gasteiger partial charge in [0.05, 0.1) is 33.0 Å². The molecule has 0 radical (unpaired) electrons. The van der Waals surface area contributed by atoms with Gasteiger partial charge in [-0.3, -0.25) is 9.59 Å². The molecule has 0 fully saturated rings. The maximum absolute atomic E-state index is 11.5. The molecule has 0 atom stereocenters. The van der Waals surface area contributed by atoms with E-state index in [0.717, 1.165) is 12.8 Å². The van der Waals surface area contributed by atoms with Gasteiger partial charge in [0.2, 0.25) is 11.8 Å². The number of carbonyl (C=O) groups is 2. The fraction of sp³-hybridized carbons (Fsp3) is 0.842. The zero-order valence-corrected chi connectivity index (χ0v) is 21.8. The molecule has 2 amide bonds. The van der Waals surface area contributed by atoms with Crippen molar-refractivity contribution in [1.82, 2.24) is 10.6 Å². The number of ether oxygens (including phenoxy) is 2. The Bertz CT molecular complexity index is 360. The summed E-state index contributed by atoms with van der Waals surface area (Å²) in [5.41, 5.74) is 10.1. The normalized spacial score (nSPS) is 10.4. The smallest absolute Gasteiger partial charge is 0.396 e. The van der Waals surface area contributed by atoms with Crippen LogP contribution < -0.4 is 73.5 Å². The molecule has 0 bridgehead atoms. The first-order valence-electron chi connectivity index (χ1n) is 9.88. The fourth-order valence-electron chi connectivity index (χ4n) is 1.94. The second-order valence-corrected chi connectivity index (χ2v) is 6.56. The molecule has 0 aliphatic carbocycles. The van der Waals surface area contributed by atoms with Crippen molar-refractivity contribution in [3.05, 3.63) is 6.92 Å². The first kappa shape index (κ1) is 34.0. The summed E-state index contributed by atoms with van der Waals surface area (Å²) < 4.78 is 11.0. The summed E-state index contributed by atoms with van der Waals surface area (Å²) in [6.45, 7) is 10.0. The van der Waals surface area contributed by atoms with Gasteiger partial charge < -0.3 is 43.6 Å². The van der Waals surface area contributed by atoms with Crippen molar-refractivity contribution >= 4 is 11.8 Å². The Labute approximate surface area is 218 Å². The molecular formula is C19H41KN4O5. The summed E-state index contributed by atoms with van der Waals surface area (Å²) in [4.78, 5) is 23.1. The SMILES string of the molecule is CC(CO)(COCCC(=O)NCCCN)COCCC(=O)NCCCN.[CH2-]C.[K+]. The monoisotopic (exact) mass is 444 g/mol. The molecule has 0 saturated carbocycles. The van der Waals surface area contributed by atoms with Crippen molar-refractivity contribution < 1.29 is 75.6 Å². The van der Waals surface area contributed by atoms with Gasteiger partial charge in [-0.1, -0.05) is 6.92 Å². The van der Waals surface area contributed by atoms with Gasteiger partial charge in [0.1, 0.15) is 0 Å². The molecule has 0 aromatic carbocycles. The van der Waals surface area contributed by atoms with E-state index in [1.54, 1.807) is 6.92 Å². The van der Waals surface area contributed by atoms with Gasteiger partial charge >= 0.3 is 51.4 Å². The Morgan fingerprint density at radius 3 is 1.62 bits per heavy atom. The third-order valence-corrected chi connectivity index (χ3v) is 3.64. The number of hydrogen-bond donors (Lipinski definition) is 5. The molecule has 7 N–H and O–H groups in total. The van der Waals surface area contributed by atoms with Crippen LogP contribution in [-0.2, 0) is 19.1 Å². The van der Waals surface area contributed by atoms with Crippen LogP contribution in [0.25, 0.3) is 0 Å². The van der Waals surface area contributed by atoms with Gasteiger partial charge in [0.25, 0.3) is 0 Å². The van der Waals surface area contributed by atoms with E-state index in [-0.39, 0.29) is 109 Å². The molecule has 168 valence electrons. The number of hydrogen-bond acceptors (Lipinski definition) is 7. The molecule has 0 aromatic rings. The third kappa shape index (κ3) is 22.9. The van der Waals surface area contributed by atoms with Crippen LogP contribution in [-0.4, -0.2) is 76.1 Å². The molecule has 0 unspecified atom stereocenters. The molecule has 9 nitrogen and oxygen atoms in total. The Balaban J connectivity index is -0.00000218. The minimum Gasteiger partial charge on any atom is -0.396 e. The topological polar surface area (TPSA) is 149 Å². The van der Waals surface area contributed by atoms with Crippen LogP contribution in [0.4, 0.5) is 0 Å². The van der Waals surface area contributed by atoms with Gasteiger partial charge in [-0.2, -0.15) is 6.92 Å². The van der Waals surface area contributed by atoms with Gasteiger partial charge in [-0.25, -0.2) is 0 Å². The van der Waals surface area contributed by atoms with Crippen LogP contribution in [0.3, 0.4) is 0 Å². The van der Waals surface area contributed by atoms with Gasteiger partial charge in [0.15, 0.2) is 0 Å². The summed E-state index contributed by atoms with van der Waals surface area (Å²) in [5, 5.41) is 15.0. The molecule has 10 heteroatoms. The number of nitrogens with two attached hydrogens (primary N) is 2. The Morgan fingerprint density at radius 2 is 1.31 bits per heavy atom. The van der Waals surface area contributed by atoms with Gasteiger partial charge in [0, 0.05) is 31.3 Å². The van der Waals surface area contributed by atoms with Crippen molar-refractivity contribution in [3.8, 4) is 0 Å². The number of carbonyl (C=O) groups excluding carboxylic acids is 2. The molecule has 0 rings (SSSR count). The molecule has 29 heavy (non-hydrogen) atoms. The minimum atomic E-state index is -0.577. The van der Waals surface area contributed by atoms with Crippen LogP contribution >= 0.6 is 0 Å². The van der Waals surface area contributed by atoms with Crippen LogP contribution in [0.5, 0.6) is 0 Å². The maximum atomic E-state index is 11.5. The Morgan fingerprint density at radius 1 is 0.931 bits per heavy atom. The molecule has 0 aromatic heterocycles. The van der Waals surface area contributed by atoms with Crippen molar-refractivity contribution in [2.75, 3.05) is 59.2 Å². The van der Waals surface area contributed by atoms with E-state index in [2.05, 4.69) is 17.6 Å². The fourth-order valence-corrected chi connectivity index (χ4v) is 1.94. The van der Waals surface area contributed by atoms with Crippen LogP contribution in [0.1, 0.15) is 39.5 Å². The van der Waals surface area contributed by atoms with E-state index in [1.165, 1.54) is 0 Å². The van der Waals surface area contributed by atoms with E-state index in [0.29, 0.717) is 26.2 Å². The second-order valence-electron chi connectivity index (χ2n) is 6.56. The zero-order chi connectivity index (χ0) is 21.7. The van der Waals surface area contributed by atoms with Crippen molar-refractivity contribution in [3.63, 3.8) is 0 Å². The largest absolute Gasteiger partial charge is 1.00 e.